The zero-order valence-electron chi connectivity index (χ0n) is 10.6. The third kappa shape index (κ3) is 2.62. The van der Waals surface area contributed by atoms with Crippen molar-refractivity contribution in [1.82, 2.24) is 0 Å². The Labute approximate surface area is 120 Å². The number of hydrogen-bond donors (Lipinski definition) is 2. The van der Waals surface area contributed by atoms with Crippen LogP contribution in [-0.2, 0) is 4.79 Å². The third-order valence-electron chi connectivity index (χ3n) is 3.96. The molecular formula is C14H17BrN2O2. The van der Waals surface area contributed by atoms with E-state index >= 15 is 0 Å². The van der Waals surface area contributed by atoms with Gasteiger partial charge in [-0.15, -0.1) is 0 Å². The molecule has 1 heterocycles. The summed E-state index contributed by atoms with van der Waals surface area (Å²) in [5.74, 6) is 0.0386. The zero-order valence-corrected chi connectivity index (χ0v) is 12.2. The molecule has 3 rings (SSSR count). The number of amides is 1. The molecule has 2 N–H and O–H groups in total. The van der Waals surface area contributed by atoms with Crippen molar-refractivity contribution in [1.29, 1.82) is 0 Å². The number of aliphatic hydroxyl groups excluding tert-OH is 1. The van der Waals surface area contributed by atoms with E-state index in [1.54, 1.807) is 0 Å². The second-order valence-corrected chi connectivity index (χ2v) is 6.22. The maximum absolute atomic E-state index is 11.8. The van der Waals surface area contributed by atoms with Gasteiger partial charge in [0.25, 0.3) is 0 Å². The maximum Gasteiger partial charge on any atom is 0.243 e. The minimum absolute atomic E-state index is 0.0386. The van der Waals surface area contributed by atoms with Gasteiger partial charge in [-0.1, -0.05) is 15.9 Å². The summed E-state index contributed by atoms with van der Waals surface area (Å²) in [6.45, 7) is 0.412. The lowest BCUT2D eigenvalue weighted by atomic mass is 9.91. The fourth-order valence-electron chi connectivity index (χ4n) is 2.98. The molecule has 19 heavy (non-hydrogen) atoms. The van der Waals surface area contributed by atoms with E-state index in [1.165, 1.54) is 0 Å². The number of rotatable bonds is 1. The summed E-state index contributed by atoms with van der Waals surface area (Å²) in [5, 5.41) is 12.5. The number of nitrogens with one attached hydrogen (secondary N) is 1. The number of fused-ring (bicyclic) bond motifs is 1. The van der Waals surface area contributed by atoms with Gasteiger partial charge in [0.1, 0.15) is 0 Å². The molecular weight excluding hydrogens is 308 g/mol. The van der Waals surface area contributed by atoms with Crippen LogP contribution >= 0.6 is 15.9 Å². The Morgan fingerprint density at radius 3 is 2.74 bits per heavy atom. The highest BCUT2D eigenvalue weighted by molar-refractivity contribution is 9.10. The van der Waals surface area contributed by atoms with Gasteiger partial charge >= 0.3 is 0 Å². The highest BCUT2D eigenvalue weighted by atomic mass is 79.9. The first-order valence-electron chi connectivity index (χ1n) is 6.67. The van der Waals surface area contributed by atoms with Crippen molar-refractivity contribution in [2.75, 3.05) is 16.8 Å². The number of nitrogens with zero attached hydrogens (tertiary/aromatic N) is 1. The molecule has 0 radical (unpaired) electrons. The van der Waals surface area contributed by atoms with Crippen molar-refractivity contribution < 1.29 is 9.90 Å². The number of hydrogen-bond acceptors (Lipinski definition) is 3. The van der Waals surface area contributed by atoms with Gasteiger partial charge in [0.05, 0.1) is 24.0 Å². The zero-order chi connectivity index (χ0) is 13.4. The summed E-state index contributed by atoms with van der Waals surface area (Å²) in [4.78, 5) is 14.0. The lowest BCUT2D eigenvalue weighted by molar-refractivity contribution is -0.115. The van der Waals surface area contributed by atoms with E-state index in [-0.39, 0.29) is 12.0 Å². The molecule has 0 spiro atoms. The Morgan fingerprint density at radius 1 is 1.26 bits per heavy atom. The minimum Gasteiger partial charge on any atom is -0.393 e. The topological polar surface area (TPSA) is 52.6 Å². The van der Waals surface area contributed by atoms with Gasteiger partial charge in [-0.3, -0.25) is 4.79 Å². The van der Waals surface area contributed by atoms with E-state index in [0.717, 1.165) is 41.5 Å². The predicted octanol–water partition coefficient (Wildman–Crippen LogP) is 2.51. The van der Waals surface area contributed by atoms with Crippen LogP contribution < -0.4 is 10.2 Å². The second kappa shape index (κ2) is 5.13. The van der Waals surface area contributed by atoms with Gasteiger partial charge in [-0.05, 0) is 43.9 Å². The Balaban J connectivity index is 1.88. The summed E-state index contributed by atoms with van der Waals surface area (Å²) in [6.07, 6.45) is 3.39. The molecule has 0 aromatic heterocycles. The van der Waals surface area contributed by atoms with E-state index in [4.69, 9.17) is 0 Å². The maximum atomic E-state index is 11.8. The number of carbonyl (C=O) groups is 1. The molecule has 0 saturated heterocycles. The number of halogens is 1. The monoisotopic (exact) mass is 324 g/mol. The molecule has 1 aliphatic heterocycles. The van der Waals surface area contributed by atoms with Crippen LogP contribution in [0.25, 0.3) is 0 Å². The molecule has 0 unspecified atom stereocenters. The van der Waals surface area contributed by atoms with E-state index in [9.17, 15) is 9.90 Å². The molecule has 0 atom stereocenters. The van der Waals surface area contributed by atoms with Gasteiger partial charge in [-0.25, -0.2) is 0 Å². The fourth-order valence-corrected chi connectivity index (χ4v) is 3.35. The largest absolute Gasteiger partial charge is 0.393 e. The molecule has 2 aliphatic rings. The Hall–Kier alpha value is -1.07. The Kier molecular flexibility index (Phi) is 3.50. The van der Waals surface area contributed by atoms with Crippen LogP contribution in [0.1, 0.15) is 25.7 Å². The second-order valence-electron chi connectivity index (χ2n) is 5.30. The highest BCUT2D eigenvalue weighted by Gasteiger charge is 2.30. The van der Waals surface area contributed by atoms with Gasteiger partial charge < -0.3 is 15.3 Å². The number of aliphatic hydroxyl groups is 1. The average molecular weight is 325 g/mol. The van der Waals surface area contributed by atoms with Crippen LogP contribution in [0.2, 0.25) is 0 Å². The molecule has 1 saturated carbocycles. The SMILES string of the molecule is O=C1CN(C2CCC(O)CC2)c2ccc(Br)cc2N1. The number of anilines is 2. The van der Waals surface area contributed by atoms with Crippen LogP contribution in [0.5, 0.6) is 0 Å². The van der Waals surface area contributed by atoms with Crippen molar-refractivity contribution in [3.8, 4) is 0 Å². The molecule has 102 valence electrons. The van der Waals surface area contributed by atoms with E-state index in [2.05, 4.69) is 26.1 Å². The molecule has 0 bridgehead atoms. The van der Waals surface area contributed by atoms with Crippen molar-refractivity contribution in [2.24, 2.45) is 0 Å². The standard InChI is InChI=1S/C14H17BrN2O2/c15-9-1-6-13-12(7-9)16-14(19)8-17(13)10-2-4-11(18)5-3-10/h1,6-7,10-11,18H,2-5,8H2,(H,16,19). The van der Waals surface area contributed by atoms with Crippen molar-refractivity contribution in [3.63, 3.8) is 0 Å². The van der Waals surface area contributed by atoms with Gasteiger partial charge in [0, 0.05) is 10.5 Å². The highest BCUT2D eigenvalue weighted by Crippen LogP contribution is 2.36. The van der Waals surface area contributed by atoms with E-state index in [1.807, 2.05) is 18.2 Å². The lowest BCUT2D eigenvalue weighted by Gasteiger charge is -2.40. The molecule has 1 amide bonds. The quantitative estimate of drug-likeness (QED) is 0.834. The van der Waals surface area contributed by atoms with Crippen LogP contribution in [0.4, 0.5) is 11.4 Å². The predicted molar refractivity (Wildman–Crippen MR) is 78.4 cm³/mol. The number of benzene rings is 1. The fraction of sp³-hybridized carbons (Fsp3) is 0.500. The smallest absolute Gasteiger partial charge is 0.243 e. The first kappa shape index (κ1) is 12.9. The first-order valence-corrected chi connectivity index (χ1v) is 7.47. The van der Waals surface area contributed by atoms with Gasteiger partial charge in [0.15, 0.2) is 0 Å². The summed E-state index contributed by atoms with van der Waals surface area (Å²) in [6, 6.07) is 6.34. The van der Waals surface area contributed by atoms with E-state index in [0.29, 0.717) is 12.6 Å². The number of carbonyl (C=O) groups excluding carboxylic acids is 1. The van der Waals surface area contributed by atoms with Crippen molar-refractivity contribution in [3.05, 3.63) is 22.7 Å². The molecule has 1 aromatic carbocycles. The van der Waals surface area contributed by atoms with Crippen molar-refractivity contribution >= 4 is 33.2 Å². The van der Waals surface area contributed by atoms with Crippen LogP contribution in [-0.4, -0.2) is 29.7 Å². The summed E-state index contributed by atoms with van der Waals surface area (Å²) in [7, 11) is 0. The van der Waals surface area contributed by atoms with Crippen LogP contribution in [0.3, 0.4) is 0 Å². The third-order valence-corrected chi connectivity index (χ3v) is 4.46. The average Bonchev–Trinajstić information content (AvgIpc) is 2.38. The van der Waals surface area contributed by atoms with Crippen LogP contribution in [0, 0.1) is 0 Å². The Morgan fingerprint density at radius 2 is 2.00 bits per heavy atom. The molecule has 1 aromatic rings. The van der Waals surface area contributed by atoms with E-state index < -0.39 is 0 Å². The van der Waals surface area contributed by atoms with Gasteiger partial charge in [0.2, 0.25) is 5.91 Å². The molecule has 1 aliphatic carbocycles. The lowest BCUT2D eigenvalue weighted by Crippen LogP contribution is -2.46. The molecule has 1 fully saturated rings. The van der Waals surface area contributed by atoms with Crippen molar-refractivity contribution in [2.45, 2.75) is 37.8 Å². The van der Waals surface area contributed by atoms with Gasteiger partial charge in [-0.2, -0.15) is 0 Å². The Bertz CT molecular complexity index is 498. The summed E-state index contributed by atoms with van der Waals surface area (Å²) in [5.41, 5.74) is 1.96. The normalized spacial score (nSPS) is 26.8. The minimum atomic E-state index is -0.167. The summed E-state index contributed by atoms with van der Waals surface area (Å²) >= 11 is 3.43. The first-order chi connectivity index (χ1) is 9.13. The summed E-state index contributed by atoms with van der Waals surface area (Å²) < 4.78 is 0.965. The van der Waals surface area contributed by atoms with Crippen LogP contribution in [0.15, 0.2) is 22.7 Å². The molecule has 5 heteroatoms. The molecule has 4 nitrogen and oxygen atoms in total.